The second-order valence-electron chi connectivity index (χ2n) is 3.96. The summed E-state index contributed by atoms with van der Waals surface area (Å²) in [6.07, 6.45) is 3.41. The van der Waals surface area contributed by atoms with Crippen LogP contribution in [0.4, 0.5) is 5.82 Å². The lowest BCUT2D eigenvalue weighted by Crippen LogP contribution is -2.37. The first-order valence-electron chi connectivity index (χ1n) is 5.01. The van der Waals surface area contributed by atoms with Crippen molar-refractivity contribution >= 4 is 5.82 Å². The molecule has 3 rings (SSSR count). The summed E-state index contributed by atoms with van der Waals surface area (Å²) in [5, 5.41) is 0. The highest BCUT2D eigenvalue weighted by atomic mass is 16.5. The van der Waals surface area contributed by atoms with E-state index < -0.39 is 0 Å². The summed E-state index contributed by atoms with van der Waals surface area (Å²) in [7, 11) is 0. The molecule has 4 heteroatoms. The Hall–Kier alpha value is -1.16. The molecule has 0 radical (unpaired) electrons. The fourth-order valence-electron chi connectivity index (χ4n) is 2.28. The van der Waals surface area contributed by atoms with E-state index in [1.165, 1.54) is 0 Å². The van der Waals surface area contributed by atoms with Crippen LogP contribution in [0.15, 0.2) is 12.3 Å². The van der Waals surface area contributed by atoms with E-state index in [4.69, 9.17) is 4.74 Å². The maximum Gasteiger partial charge on any atom is 0.132 e. The molecule has 3 heterocycles. The van der Waals surface area contributed by atoms with Crippen LogP contribution in [0.1, 0.15) is 12.2 Å². The van der Waals surface area contributed by atoms with Crippen LogP contribution in [-0.2, 0) is 4.74 Å². The molecule has 2 aliphatic rings. The molecular weight excluding hydrogens is 178 g/mol. The standard InChI is InChI=1S/C10H13N3O/c1-7-11-3-2-10(12-7)13-5-9-4-8(13)6-14-9/h2-3,8-9H,4-6H2,1H3/t8-,9-/m1/s1. The van der Waals surface area contributed by atoms with E-state index in [1.54, 1.807) is 0 Å². The Morgan fingerprint density at radius 3 is 3.14 bits per heavy atom. The molecule has 1 aromatic heterocycles. The predicted octanol–water partition coefficient (Wildman–Crippen LogP) is 0.763. The number of morpholine rings is 1. The van der Waals surface area contributed by atoms with Crippen molar-refractivity contribution < 1.29 is 4.74 Å². The van der Waals surface area contributed by atoms with Crippen molar-refractivity contribution in [1.29, 1.82) is 0 Å². The molecule has 74 valence electrons. The summed E-state index contributed by atoms with van der Waals surface area (Å²) in [5.74, 6) is 1.89. The third-order valence-electron chi connectivity index (χ3n) is 2.96. The SMILES string of the molecule is Cc1nccc(N2C[C@H]3C[C@@H]2CO3)n1. The highest BCUT2D eigenvalue weighted by Crippen LogP contribution is 2.30. The van der Waals surface area contributed by atoms with Crippen molar-refractivity contribution in [3.63, 3.8) is 0 Å². The van der Waals surface area contributed by atoms with Crippen LogP contribution in [0, 0.1) is 6.92 Å². The molecule has 0 spiro atoms. The van der Waals surface area contributed by atoms with Gasteiger partial charge in [-0.15, -0.1) is 0 Å². The number of fused-ring (bicyclic) bond motifs is 2. The summed E-state index contributed by atoms with van der Waals surface area (Å²) in [4.78, 5) is 10.9. The summed E-state index contributed by atoms with van der Waals surface area (Å²) in [6, 6.07) is 2.52. The number of ether oxygens (including phenoxy) is 1. The molecule has 0 aromatic carbocycles. The van der Waals surface area contributed by atoms with E-state index in [-0.39, 0.29) is 0 Å². The van der Waals surface area contributed by atoms with E-state index in [2.05, 4.69) is 14.9 Å². The first-order chi connectivity index (χ1) is 6.83. The van der Waals surface area contributed by atoms with E-state index in [1.807, 2.05) is 19.2 Å². The largest absolute Gasteiger partial charge is 0.374 e. The number of anilines is 1. The summed E-state index contributed by atoms with van der Waals surface area (Å²) in [5.41, 5.74) is 0. The minimum Gasteiger partial charge on any atom is -0.374 e. The van der Waals surface area contributed by atoms with Gasteiger partial charge in [0.25, 0.3) is 0 Å². The lowest BCUT2D eigenvalue weighted by atomic mass is 10.2. The fraction of sp³-hybridized carbons (Fsp3) is 0.600. The zero-order valence-corrected chi connectivity index (χ0v) is 8.18. The van der Waals surface area contributed by atoms with Crippen LogP contribution in [-0.4, -0.2) is 35.3 Å². The number of hydrogen-bond donors (Lipinski definition) is 0. The Labute approximate surface area is 82.9 Å². The van der Waals surface area contributed by atoms with E-state index in [9.17, 15) is 0 Å². The molecule has 1 aromatic rings. The zero-order valence-electron chi connectivity index (χ0n) is 8.18. The quantitative estimate of drug-likeness (QED) is 0.657. The molecular formula is C10H13N3O. The number of aryl methyl sites for hydroxylation is 1. The monoisotopic (exact) mass is 191 g/mol. The van der Waals surface area contributed by atoms with E-state index in [0.717, 1.165) is 31.2 Å². The van der Waals surface area contributed by atoms with Crippen molar-refractivity contribution in [3.8, 4) is 0 Å². The van der Waals surface area contributed by atoms with Gasteiger partial charge in [0.05, 0.1) is 18.8 Å². The number of hydrogen-bond acceptors (Lipinski definition) is 4. The van der Waals surface area contributed by atoms with Gasteiger partial charge in [0.1, 0.15) is 11.6 Å². The van der Waals surface area contributed by atoms with Crippen molar-refractivity contribution in [3.05, 3.63) is 18.1 Å². The van der Waals surface area contributed by atoms with Gasteiger partial charge in [-0.1, -0.05) is 0 Å². The average molecular weight is 191 g/mol. The first-order valence-corrected chi connectivity index (χ1v) is 5.01. The number of nitrogens with zero attached hydrogens (tertiary/aromatic N) is 3. The third-order valence-corrected chi connectivity index (χ3v) is 2.96. The molecule has 2 saturated heterocycles. The molecule has 0 unspecified atom stereocenters. The first kappa shape index (κ1) is 8.17. The Morgan fingerprint density at radius 2 is 2.50 bits per heavy atom. The van der Waals surface area contributed by atoms with Crippen LogP contribution >= 0.6 is 0 Å². The van der Waals surface area contributed by atoms with Crippen LogP contribution in [0.3, 0.4) is 0 Å². The van der Waals surface area contributed by atoms with Gasteiger partial charge in [-0.25, -0.2) is 9.97 Å². The minimum absolute atomic E-state index is 0.426. The molecule has 4 nitrogen and oxygen atoms in total. The third kappa shape index (κ3) is 1.18. The molecule has 0 N–H and O–H groups in total. The zero-order chi connectivity index (χ0) is 9.54. The van der Waals surface area contributed by atoms with Crippen LogP contribution in [0.5, 0.6) is 0 Å². The molecule has 14 heavy (non-hydrogen) atoms. The Kier molecular flexibility index (Phi) is 1.70. The number of aromatic nitrogens is 2. The van der Waals surface area contributed by atoms with Crippen LogP contribution in [0.25, 0.3) is 0 Å². The van der Waals surface area contributed by atoms with E-state index in [0.29, 0.717) is 12.1 Å². The second-order valence-corrected chi connectivity index (χ2v) is 3.96. The van der Waals surface area contributed by atoms with Gasteiger partial charge in [-0.05, 0) is 19.4 Å². The normalized spacial score (nSPS) is 29.9. The van der Waals surface area contributed by atoms with Gasteiger partial charge in [0, 0.05) is 12.7 Å². The van der Waals surface area contributed by atoms with Gasteiger partial charge in [-0.2, -0.15) is 0 Å². The average Bonchev–Trinajstić information content (AvgIpc) is 2.78. The van der Waals surface area contributed by atoms with Gasteiger partial charge in [0.15, 0.2) is 0 Å². The maximum atomic E-state index is 5.55. The Bertz CT molecular complexity index is 355. The summed E-state index contributed by atoms with van der Waals surface area (Å²) in [6.45, 7) is 3.77. The van der Waals surface area contributed by atoms with Crippen molar-refractivity contribution in [2.24, 2.45) is 0 Å². The lowest BCUT2D eigenvalue weighted by Gasteiger charge is -2.27. The fourth-order valence-corrected chi connectivity index (χ4v) is 2.28. The second kappa shape index (κ2) is 2.92. The number of rotatable bonds is 1. The molecule has 0 aliphatic carbocycles. The van der Waals surface area contributed by atoms with Crippen molar-refractivity contribution in [2.75, 3.05) is 18.1 Å². The van der Waals surface area contributed by atoms with E-state index >= 15 is 0 Å². The Morgan fingerprint density at radius 1 is 1.57 bits per heavy atom. The summed E-state index contributed by atoms with van der Waals surface area (Å²) < 4.78 is 5.55. The van der Waals surface area contributed by atoms with Crippen molar-refractivity contribution in [1.82, 2.24) is 9.97 Å². The molecule has 2 atom stereocenters. The maximum absolute atomic E-state index is 5.55. The molecule has 2 bridgehead atoms. The summed E-state index contributed by atoms with van der Waals surface area (Å²) >= 11 is 0. The highest BCUT2D eigenvalue weighted by Gasteiger charge is 2.39. The molecule has 2 aliphatic heterocycles. The molecule has 2 fully saturated rings. The van der Waals surface area contributed by atoms with Gasteiger partial charge in [0.2, 0.25) is 0 Å². The Balaban J connectivity index is 1.89. The predicted molar refractivity (Wildman–Crippen MR) is 52.3 cm³/mol. The minimum atomic E-state index is 0.426. The molecule has 0 saturated carbocycles. The topological polar surface area (TPSA) is 38.2 Å². The van der Waals surface area contributed by atoms with Crippen LogP contribution in [0.2, 0.25) is 0 Å². The van der Waals surface area contributed by atoms with Crippen LogP contribution < -0.4 is 4.90 Å². The van der Waals surface area contributed by atoms with Crippen molar-refractivity contribution in [2.45, 2.75) is 25.5 Å². The smallest absolute Gasteiger partial charge is 0.132 e. The highest BCUT2D eigenvalue weighted by molar-refractivity contribution is 5.41. The van der Waals surface area contributed by atoms with Gasteiger partial charge in [-0.3, -0.25) is 0 Å². The molecule has 0 amide bonds. The van der Waals surface area contributed by atoms with Gasteiger partial charge >= 0.3 is 0 Å². The van der Waals surface area contributed by atoms with Gasteiger partial charge < -0.3 is 9.64 Å². The lowest BCUT2D eigenvalue weighted by molar-refractivity contribution is 0.0989.